The molecule has 15 nitrogen and oxygen atoms in total. The van der Waals surface area contributed by atoms with Gasteiger partial charge in [-0.3, -0.25) is 15.3 Å². The van der Waals surface area contributed by atoms with Crippen molar-refractivity contribution in [3.05, 3.63) is 119 Å². The number of aliphatic carboxylic acids is 1. The third kappa shape index (κ3) is 11.4. The number of aliphatic hydroxyl groups excluding tert-OH is 2. The van der Waals surface area contributed by atoms with Crippen molar-refractivity contribution in [2.45, 2.75) is 56.9 Å². The Hall–Kier alpha value is -5.29. The number of nitrogens with one attached hydrogen (secondary N) is 4. The number of hydrogen-bond donors (Lipinski definition) is 7. The molecular weight excluding hydrogens is 819 g/mol. The molecule has 0 saturated carbocycles. The smallest absolute Gasteiger partial charge is 0.329 e. The normalized spacial score (nSPS) is 16.5. The van der Waals surface area contributed by atoms with Crippen LogP contribution in [0.25, 0.3) is 28.2 Å². The molecule has 0 radical (unpaired) electrons. The molecule has 17 heteroatoms. The van der Waals surface area contributed by atoms with E-state index in [0.29, 0.717) is 21.9 Å². The number of aromatic amines is 1. The monoisotopic (exact) mass is 870 g/mol. The Kier molecular flexibility index (Phi) is 16.7. The van der Waals surface area contributed by atoms with E-state index in [0.717, 1.165) is 117 Å². The van der Waals surface area contributed by atoms with Crippen molar-refractivity contribution in [1.82, 2.24) is 51.2 Å². The second-order valence-electron chi connectivity index (χ2n) is 14.9. The van der Waals surface area contributed by atoms with Gasteiger partial charge in [-0.2, -0.15) is 5.10 Å². The van der Waals surface area contributed by atoms with Crippen LogP contribution in [0.5, 0.6) is 0 Å². The average Bonchev–Trinajstić information content (AvgIpc) is 3.94. The molecule has 6 heterocycles. The number of unbranched alkanes of at least 4 members (excludes halogenated alkanes) is 1. The van der Waals surface area contributed by atoms with Gasteiger partial charge in [0.05, 0.1) is 16.9 Å². The van der Waals surface area contributed by atoms with E-state index in [1.165, 1.54) is 11.9 Å². The van der Waals surface area contributed by atoms with E-state index >= 15 is 0 Å². The molecule has 0 bridgehead atoms. The van der Waals surface area contributed by atoms with Crippen LogP contribution >= 0.6 is 23.2 Å². The minimum atomic E-state index is -1.19. The predicted octanol–water partition coefficient (Wildman–Crippen LogP) is 5.58. The Morgan fingerprint density at radius 2 is 1.30 bits per heavy atom. The topological polar surface area (TPSA) is 214 Å². The van der Waals surface area contributed by atoms with Crippen LogP contribution in [0.2, 0.25) is 10.0 Å². The molecule has 0 unspecified atom stereocenters. The Balaban J connectivity index is 0.000000223. The number of piperidine rings is 2. The quantitative estimate of drug-likeness (QED) is 0.0764. The molecule has 0 spiro atoms. The molecule has 1 amide bonds. The fraction of sp³-hybridized carbons (Fsp3) is 0.386. The second kappa shape index (κ2) is 22.5. The number of carbonyl (C=O) groups excluding carboxylic acids is 1. The molecule has 7 N–H and O–H groups in total. The number of rotatable bonds is 12. The number of halogens is 2. The minimum Gasteiger partial charge on any atom is -0.480 e. The summed E-state index contributed by atoms with van der Waals surface area (Å²) in [5, 5.41) is 42.6. The van der Waals surface area contributed by atoms with Gasteiger partial charge in [0.2, 0.25) is 0 Å². The van der Waals surface area contributed by atoms with Gasteiger partial charge in [0.1, 0.15) is 31.6 Å². The van der Waals surface area contributed by atoms with Crippen molar-refractivity contribution in [3.8, 4) is 22.5 Å². The van der Waals surface area contributed by atoms with E-state index in [1.807, 2.05) is 71.9 Å². The number of benzene rings is 2. The van der Waals surface area contributed by atoms with Gasteiger partial charge in [0, 0.05) is 45.5 Å². The van der Waals surface area contributed by atoms with Gasteiger partial charge in [0.15, 0.2) is 0 Å². The maximum atomic E-state index is 13.5. The van der Waals surface area contributed by atoms with E-state index in [2.05, 4.69) is 46.2 Å². The zero-order valence-corrected chi connectivity index (χ0v) is 35.3. The lowest BCUT2D eigenvalue weighted by molar-refractivity contribution is -0.148. The van der Waals surface area contributed by atoms with E-state index in [1.54, 1.807) is 18.7 Å². The Morgan fingerprint density at radius 3 is 1.82 bits per heavy atom. The summed E-state index contributed by atoms with van der Waals surface area (Å²) < 4.78 is 0. The second-order valence-corrected chi connectivity index (χ2v) is 15.8. The first-order valence-electron chi connectivity index (χ1n) is 20.5. The summed E-state index contributed by atoms with van der Waals surface area (Å²) >= 11 is 12.1. The summed E-state index contributed by atoms with van der Waals surface area (Å²) in [6.07, 6.45) is 16.2. The molecule has 61 heavy (non-hydrogen) atoms. The highest BCUT2D eigenvalue weighted by Gasteiger charge is 2.58. The van der Waals surface area contributed by atoms with Gasteiger partial charge >= 0.3 is 5.97 Å². The van der Waals surface area contributed by atoms with Gasteiger partial charge in [-0.05, 0) is 137 Å². The number of hydrazine groups is 1. The lowest BCUT2D eigenvalue weighted by Crippen LogP contribution is -2.65. The molecule has 322 valence electrons. The van der Waals surface area contributed by atoms with Crippen molar-refractivity contribution < 1.29 is 24.9 Å². The highest BCUT2D eigenvalue weighted by Crippen LogP contribution is 2.53. The molecule has 5 aromatic rings. The number of aromatic nitrogens is 6. The first kappa shape index (κ1) is 45.2. The first-order valence-corrected chi connectivity index (χ1v) is 21.3. The Labute approximate surface area is 365 Å². The molecule has 0 atom stereocenters. The number of carboxylic acid groups (broad SMARTS) is 1. The molecule has 3 aliphatic heterocycles. The molecule has 8 rings (SSSR count). The number of nitrogens with zero attached hydrogens (tertiary/aromatic N) is 6. The summed E-state index contributed by atoms with van der Waals surface area (Å²) in [7, 11) is 0. The largest absolute Gasteiger partial charge is 0.480 e. The number of carboxylic acids is 1. The maximum absolute atomic E-state index is 13.5. The van der Waals surface area contributed by atoms with Gasteiger partial charge in [-0.15, -0.1) is 0 Å². The third-order valence-corrected chi connectivity index (χ3v) is 11.8. The first-order chi connectivity index (χ1) is 29.8. The molecule has 2 fully saturated rings. The van der Waals surface area contributed by atoms with Crippen LogP contribution < -0.4 is 16.1 Å². The van der Waals surface area contributed by atoms with Crippen molar-refractivity contribution in [1.29, 1.82) is 0 Å². The Morgan fingerprint density at radius 1 is 0.738 bits per heavy atom. The fourth-order valence-corrected chi connectivity index (χ4v) is 8.93. The zero-order valence-electron chi connectivity index (χ0n) is 33.8. The van der Waals surface area contributed by atoms with E-state index in [-0.39, 0.29) is 5.91 Å². The maximum Gasteiger partial charge on any atom is 0.329 e. The Bertz CT molecular complexity index is 2150. The number of H-pyrrole nitrogens is 1. The molecule has 2 aromatic carbocycles. The summed E-state index contributed by atoms with van der Waals surface area (Å²) in [6.45, 7) is 2.47. The summed E-state index contributed by atoms with van der Waals surface area (Å²) in [5.41, 5.74) is 11.1. The molecule has 0 aliphatic carbocycles. The number of amides is 1. The lowest BCUT2D eigenvalue weighted by atomic mass is 9.62. The molecule has 3 aromatic heterocycles. The van der Waals surface area contributed by atoms with E-state index in [9.17, 15) is 9.90 Å². The number of carbonyl (C=O) groups is 2. The van der Waals surface area contributed by atoms with E-state index < -0.39 is 24.7 Å². The van der Waals surface area contributed by atoms with Crippen LogP contribution in [0.1, 0.15) is 56.2 Å². The van der Waals surface area contributed by atoms with Crippen LogP contribution in [-0.2, 0) is 16.0 Å². The van der Waals surface area contributed by atoms with Gasteiger partial charge in [-0.1, -0.05) is 47.5 Å². The van der Waals surface area contributed by atoms with Crippen LogP contribution in [-0.4, -0.2) is 107 Å². The third-order valence-electron chi connectivity index (χ3n) is 11.3. The predicted molar refractivity (Wildman–Crippen MR) is 234 cm³/mol. The van der Waals surface area contributed by atoms with Crippen LogP contribution in [0.4, 0.5) is 0 Å². The number of aliphatic hydroxyl groups is 2. The summed E-state index contributed by atoms with van der Waals surface area (Å²) in [6, 6.07) is 19.3. The van der Waals surface area contributed by atoms with E-state index in [4.69, 9.17) is 38.2 Å². The van der Waals surface area contributed by atoms with Crippen molar-refractivity contribution in [2.24, 2.45) is 11.8 Å². The highest BCUT2D eigenvalue weighted by molar-refractivity contribution is 6.30. The fourth-order valence-electron chi connectivity index (χ4n) is 8.68. The minimum absolute atomic E-state index is 0.260. The van der Waals surface area contributed by atoms with Gasteiger partial charge < -0.3 is 26.0 Å². The van der Waals surface area contributed by atoms with Crippen LogP contribution in [0.15, 0.2) is 97.5 Å². The lowest BCUT2D eigenvalue weighted by Gasteiger charge is -2.52. The van der Waals surface area contributed by atoms with Crippen molar-refractivity contribution in [2.75, 3.05) is 39.4 Å². The van der Waals surface area contributed by atoms with Crippen LogP contribution in [0.3, 0.4) is 0 Å². The molecule has 3 aliphatic rings. The number of aryl methyl sites for hydroxylation is 1. The molecular formula is C44H52Cl2N10O5. The van der Waals surface area contributed by atoms with Crippen molar-refractivity contribution >= 4 is 40.8 Å². The summed E-state index contributed by atoms with van der Waals surface area (Å²) in [5.74, 6) is -0.845. The number of hydrogen-bond acceptors (Lipinski definition) is 12. The van der Waals surface area contributed by atoms with Gasteiger partial charge in [0.25, 0.3) is 5.91 Å². The van der Waals surface area contributed by atoms with Crippen molar-refractivity contribution in [3.63, 3.8) is 0 Å². The summed E-state index contributed by atoms with van der Waals surface area (Å²) in [4.78, 5) is 39.2. The molecule has 2 saturated heterocycles. The van der Waals surface area contributed by atoms with Gasteiger partial charge in [-0.25, -0.2) is 29.7 Å². The standard InChI is InChI=1S/C29H39ClN6O2.C13H9ClN4.C2H4O3/c30-24-7-5-21(6-8-24)28-26(4-2-1-3-25-13-18-33-20-34-25)29(22-9-14-31-15-10-22,23-11-16-32-17-12-23)36(35-28)27(38)19-37;14-10-3-1-9(2-4-10)13-11(7-17-18-13)12-5-6-15-8-16-12;3-1-2(4)5/h5-8,13,18,20,22-23,31-32,35,37H,1-4,9-12,14-17,19H2;1-8H,(H,17,18);3H,1H2,(H,4,5). The highest BCUT2D eigenvalue weighted by atomic mass is 35.5. The SMILES string of the molecule is Clc1ccc(-c2n[nH]cc2-c2ccncn2)cc1.O=C(CO)N1NC(c2ccc(Cl)cc2)=C(CCCCc2ccncn2)C1(C1CCNCC1)C1CCNCC1.O=C(O)CO. The average molecular weight is 872 g/mol. The zero-order chi connectivity index (χ0) is 43.0. The van der Waals surface area contributed by atoms with Crippen LogP contribution in [0, 0.1) is 11.8 Å².